The van der Waals surface area contributed by atoms with E-state index in [-0.39, 0.29) is 17.3 Å². The van der Waals surface area contributed by atoms with Crippen LogP contribution in [0.25, 0.3) is 0 Å². The number of aromatic nitrogens is 2. The molecule has 0 fully saturated rings. The molecule has 1 N–H and O–H groups in total. The molecule has 3 rings (SSSR count). The lowest BCUT2D eigenvalue weighted by Gasteiger charge is -2.12. The molecule has 0 aliphatic rings. The van der Waals surface area contributed by atoms with E-state index in [1.165, 1.54) is 25.3 Å². The molecule has 0 saturated heterocycles. The van der Waals surface area contributed by atoms with Crippen LogP contribution in [0, 0.1) is 10.1 Å². The first-order valence-electron chi connectivity index (χ1n) is 8.04. The lowest BCUT2D eigenvalue weighted by Crippen LogP contribution is -2.07. The van der Waals surface area contributed by atoms with E-state index in [0.717, 1.165) is 18.5 Å². The van der Waals surface area contributed by atoms with E-state index in [2.05, 4.69) is 15.3 Å². The molecule has 150 valence electrons. The maximum atomic E-state index is 12.9. The highest BCUT2D eigenvalue weighted by molar-refractivity contribution is 5.69. The maximum Gasteiger partial charge on any atom is 0.416 e. The van der Waals surface area contributed by atoms with Gasteiger partial charge >= 0.3 is 17.7 Å². The summed E-state index contributed by atoms with van der Waals surface area (Å²) >= 11 is 0. The summed E-state index contributed by atoms with van der Waals surface area (Å²) in [6.07, 6.45) is -3.57. The fraction of sp³-hybridized carbons (Fsp3) is 0.111. The van der Waals surface area contributed by atoms with E-state index in [1.807, 2.05) is 0 Å². The molecule has 11 heteroatoms. The van der Waals surface area contributed by atoms with Crippen LogP contribution in [0.5, 0.6) is 17.4 Å². The van der Waals surface area contributed by atoms with Crippen LogP contribution >= 0.6 is 0 Å². The Morgan fingerprint density at radius 1 is 1.07 bits per heavy atom. The fourth-order valence-corrected chi connectivity index (χ4v) is 2.41. The molecule has 0 radical (unpaired) electrons. The number of methoxy groups -OCH3 is 1. The molecule has 1 heterocycles. The Labute approximate surface area is 162 Å². The summed E-state index contributed by atoms with van der Waals surface area (Å²) in [5.41, 5.74) is -1.59. The average molecular weight is 406 g/mol. The van der Waals surface area contributed by atoms with Crippen LogP contribution in [0.4, 0.5) is 30.4 Å². The number of rotatable bonds is 6. The molecular weight excluding hydrogens is 393 g/mol. The molecule has 0 amide bonds. The van der Waals surface area contributed by atoms with E-state index in [4.69, 9.17) is 9.47 Å². The van der Waals surface area contributed by atoms with Crippen LogP contribution in [0.2, 0.25) is 0 Å². The monoisotopic (exact) mass is 406 g/mol. The Balaban J connectivity index is 1.99. The summed E-state index contributed by atoms with van der Waals surface area (Å²) in [6.45, 7) is 0. The molecule has 3 aromatic rings. The maximum absolute atomic E-state index is 12.9. The minimum Gasteiger partial charge on any atom is -0.493 e. The SMILES string of the molecule is COc1ccccc1Oc1ncnc(Nc2cccc(C(F)(F)F)c2)c1[N+](=O)[O-]. The van der Waals surface area contributed by atoms with Crippen LogP contribution in [0.15, 0.2) is 54.9 Å². The van der Waals surface area contributed by atoms with Gasteiger partial charge in [-0.3, -0.25) is 10.1 Å². The van der Waals surface area contributed by atoms with E-state index in [0.29, 0.717) is 5.75 Å². The molecule has 1 aromatic heterocycles. The zero-order valence-corrected chi connectivity index (χ0v) is 14.8. The fourth-order valence-electron chi connectivity index (χ4n) is 2.41. The van der Waals surface area contributed by atoms with Crippen molar-refractivity contribution >= 4 is 17.2 Å². The van der Waals surface area contributed by atoms with Gasteiger partial charge < -0.3 is 14.8 Å². The number of para-hydroxylation sites is 2. The van der Waals surface area contributed by atoms with Crippen molar-refractivity contribution in [2.24, 2.45) is 0 Å². The quantitative estimate of drug-likeness (QED) is 0.457. The number of benzene rings is 2. The van der Waals surface area contributed by atoms with Crippen molar-refractivity contribution in [3.8, 4) is 17.4 Å². The lowest BCUT2D eigenvalue weighted by atomic mass is 10.2. The third kappa shape index (κ3) is 4.51. The summed E-state index contributed by atoms with van der Waals surface area (Å²) < 4.78 is 49.3. The van der Waals surface area contributed by atoms with Crippen molar-refractivity contribution in [3.63, 3.8) is 0 Å². The molecule has 8 nitrogen and oxygen atoms in total. The van der Waals surface area contributed by atoms with Crippen LogP contribution < -0.4 is 14.8 Å². The number of anilines is 2. The average Bonchev–Trinajstić information content (AvgIpc) is 2.68. The number of alkyl halides is 3. The first kappa shape index (κ1) is 19.9. The first-order valence-corrected chi connectivity index (χ1v) is 8.04. The Morgan fingerprint density at radius 3 is 2.45 bits per heavy atom. The van der Waals surface area contributed by atoms with Gasteiger partial charge in [-0.15, -0.1) is 0 Å². The van der Waals surface area contributed by atoms with E-state index in [9.17, 15) is 23.3 Å². The zero-order chi connectivity index (χ0) is 21.0. The number of nitrogens with zero attached hydrogens (tertiary/aromatic N) is 3. The summed E-state index contributed by atoms with van der Waals surface area (Å²) in [5, 5.41) is 14.1. The van der Waals surface area contributed by atoms with Gasteiger partial charge in [-0.25, -0.2) is 4.98 Å². The van der Waals surface area contributed by atoms with Gasteiger partial charge in [0.15, 0.2) is 11.5 Å². The molecule has 0 saturated carbocycles. The second kappa shape index (κ2) is 8.00. The Morgan fingerprint density at radius 2 is 1.79 bits per heavy atom. The van der Waals surface area contributed by atoms with Crippen LogP contribution in [-0.2, 0) is 6.18 Å². The number of ether oxygens (including phenoxy) is 2. The molecule has 0 atom stereocenters. The normalized spacial score (nSPS) is 11.0. The molecule has 0 spiro atoms. The second-order valence-corrected chi connectivity index (χ2v) is 5.59. The Kier molecular flexibility index (Phi) is 5.48. The lowest BCUT2D eigenvalue weighted by molar-refractivity contribution is -0.385. The number of hydrogen-bond donors (Lipinski definition) is 1. The van der Waals surface area contributed by atoms with Crippen molar-refractivity contribution in [1.82, 2.24) is 9.97 Å². The minimum atomic E-state index is -4.56. The summed E-state index contributed by atoms with van der Waals surface area (Å²) in [6, 6.07) is 10.6. The van der Waals surface area contributed by atoms with Gasteiger partial charge in [-0.2, -0.15) is 18.2 Å². The highest BCUT2D eigenvalue weighted by Gasteiger charge is 2.31. The predicted molar refractivity (Wildman–Crippen MR) is 96.5 cm³/mol. The van der Waals surface area contributed by atoms with Crippen molar-refractivity contribution in [3.05, 3.63) is 70.5 Å². The predicted octanol–water partition coefficient (Wildman–Crippen LogP) is 4.95. The highest BCUT2D eigenvalue weighted by Crippen LogP contribution is 2.39. The first-order chi connectivity index (χ1) is 13.8. The van der Waals surface area contributed by atoms with Crippen molar-refractivity contribution in [1.29, 1.82) is 0 Å². The van der Waals surface area contributed by atoms with Crippen molar-refractivity contribution in [2.45, 2.75) is 6.18 Å². The smallest absolute Gasteiger partial charge is 0.416 e. The summed E-state index contributed by atoms with van der Waals surface area (Å²) in [7, 11) is 1.40. The van der Waals surface area contributed by atoms with Gasteiger partial charge in [0.1, 0.15) is 6.33 Å². The van der Waals surface area contributed by atoms with Gasteiger partial charge in [-0.1, -0.05) is 18.2 Å². The van der Waals surface area contributed by atoms with Crippen LogP contribution in [-0.4, -0.2) is 22.0 Å². The number of nitrogens with one attached hydrogen (secondary N) is 1. The molecule has 2 aromatic carbocycles. The van der Waals surface area contributed by atoms with E-state index in [1.54, 1.807) is 18.2 Å². The molecule has 0 aliphatic carbocycles. The number of nitro groups is 1. The van der Waals surface area contributed by atoms with Crippen LogP contribution in [0.3, 0.4) is 0 Å². The third-order valence-electron chi connectivity index (χ3n) is 3.70. The van der Waals surface area contributed by atoms with Crippen molar-refractivity contribution < 1.29 is 27.6 Å². The highest BCUT2D eigenvalue weighted by atomic mass is 19.4. The number of hydrogen-bond acceptors (Lipinski definition) is 7. The molecule has 0 aliphatic heterocycles. The summed E-state index contributed by atoms with van der Waals surface area (Å²) in [4.78, 5) is 18.4. The second-order valence-electron chi connectivity index (χ2n) is 5.59. The summed E-state index contributed by atoms with van der Waals surface area (Å²) in [5.74, 6) is -0.243. The topological polar surface area (TPSA) is 99.4 Å². The van der Waals surface area contributed by atoms with Gasteiger partial charge in [0, 0.05) is 5.69 Å². The molecule has 29 heavy (non-hydrogen) atoms. The standard InChI is InChI=1S/C18H13F3N4O4/c1-28-13-7-2-3-8-14(13)29-17-15(25(26)27)16(22-10-23-17)24-12-6-4-5-11(9-12)18(19,20)21/h2-10H,1H3,(H,22,23,24). The van der Waals surface area contributed by atoms with Gasteiger partial charge in [-0.05, 0) is 30.3 Å². The molecular formula is C18H13F3N4O4. The molecule has 0 bridgehead atoms. The largest absolute Gasteiger partial charge is 0.493 e. The molecule has 0 unspecified atom stereocenters. The third-order valence-corrected chi connectivity index (χ3v) is 3.70. The van der Waals surface area contributed by atoms with E-state index >= 15 is 0 Å². The number of halogens is 3. The van der Waals surface area contributed by atoms with E-state index < -0.39 is 28.2 Å². The Hall–Kier alpha value is -3.89. The zero-order valence-electron chi connectivity index (χ0n) is 14.8. The van der Waals surface area contributed by atoms with Gasteiger partial charge in [0.25, 0.3) is 0 Å². The Bertz CT molecular complexity index is 1040. The van der Waals surface area contributed by atoms with Crippen LogP contribution in [0.1, 0.15) is 5.56 Å². The van der Waals surface area contributed by atoms with Gasteiger partial charge in [0.05, 0.1) is 17.6 Å². The van der Waals surface area contributed by atoms with Crippen molar-refractivity contribution in [2.75, 3.05) is 12.4 Å². The van der Waals surface area contributed by atoms with Gasteiger partial charge in [0.2, 0.25) is 5.82 Å². The minimum absolute atomic E-state index is 0.0372.